The first-order valence-corrected chi connectivity index (χ1v) is 8.35. The molecule has 5 nitrogen and oxygen atoms in total. The van der Waals surface area contributed by atoms with Gasteiger partial charge in [-0.15, -0.1) is 0 Å². The van der Waals surface area contributed by atoms with Crippen molar-refractivity contribution in [3.05, 3.63) is 30.3 Å². The standard InChI is InChI=1S/C14H22N2O3S/c1-19-13-5-8-15-9-11-16(12-10-15)20(17,18)14-6-3-2-4-7-14/h2-4,6-7H,5,8-13H2,1H3. The molecule has 1 aliphatic heterocycles. The van der Waals surface area contributed by atoms with Crippen LogP contribution in [0.5, 0.6) is 0 Å². The number of benzene rings is 1. The Balaban J connectivity index is 1.90. The maximum atomic E-state index is 12.4. The molecule has 0 aromatic heterocycles. The fraction of sp³-hybridized carbons (Fsp3) is 0.571. The summed E-state index contributed by atoms with van der Waals surface area (Å²) in [7, 11) is -1.63. The van der Waals surface area contributed by atoms with Gasteiger partial charge in [0.05, 0.1) is 4.90 Å². The van der Waals surface area contributed by atoms with Gasteiger partial charge < -0.3 is 9.64 Å². The van der Waals surface area contributed by atoms with Crippen molar-refractivity contribution in [1.82, 2.24) is 9.21 Å². The highest BCUT2D eigenvalue weighted by molar-refractivity contribution is 7.89. The molecule has 1 aromatic carbocycles. The van der Waals surface area contributed by atoms with Gasteiger partial charge >= 0.3 is 0 Å². The minimum atomic E-state index is -3.33. The summed E-state index contributed by atoms with van der Waals surface area (Å²) < 4.78 is 31.5. The molecule has 0 saturated carbocycles. The molecule has 0 bridgehead atoms. The lowest BCUT2D eigenvalue weighted by molar-refractivity contribution is 0.149. The van der Waals surface area contributed by atoms with Crippen LogP contribution in [0.1, 0.15) is 6.42 Å². The van der Waals surface area contributed by atoms with E-state index in [4.69, 9.17) is 4.74 Å². The second kappa shape index (κ2) is 7.17. The molecular formula is C14H22N2O3S. The van der Waals surface area contributed by atoms with Gasteiger partial charge in [0.25, 0.3) is 0 Å². The van der Waals surface area contributed by atoms with E-state index in [9.17, 15) is 8.42 Å². The lowest BCUT2D eigenvalue weighted by Crippen LogP contribution is -2.48. The Morgan fingerprint density at radius 3 is 2.35 bits per heavy atom. The third kappa shape index (κ3) is 3.79. The van der Waals surface area contributed by atoms with Crippen molar-refractivity contribution in [1.29, 1.82) is 0 Å². The van der Waals surface area contributed by atoms with Crippen LogP contribution in [0.15, 0.2) is 35.2 Å². The number of methoxy groups -OCH3 is 1. The molecule has 0 amide bonds. The van der Waals surface area contributed by atoms with E-state index in [1.165, 1.54) is 0 Å². The first-order chi connectivity index (χ1) is 9.64. The van der Waals surface area contributed by atoms with Gasteiger partial charge in [-0.3, -0.25) is 0 Å². The molecule has 0 N–H and O–H groups in total. The topological polar surface area (TPSA) is 49.9 Å². The van der Waals surface area contributed by atoms with Crippen LogP contribution in [0.4, 0.5) is 0 Å². The molecule has 1 saturated heterocycles. The molecule has 112 valence electrons. The summed E-state index contributed by atoms with van der Waals surface area (Å²) in [6.45, 7) is 4.41. The van der Waals surface area contributed by atoms with Gasteiger partial charge in [0.15, 0.2) is 0 Å². The van der Waals surface area contributed by atoms with Gasteiger partial charge in [0.2, 0.25) is 10.0 Å². The third-order valence-corrected chi connectivity index (χ3v) is 5.45. The lowest BCUT2D eigenvalue weighted by Gasteiger charge is -2.33. The molecule has 0 unspecified atom stereocenters. The normalized spacial score (nSPS) is 18.2. The van der Waals surface area contributed by atoms with Crippen molar-refractivity contribution in [2.24, 2.45) is 0 Å². The van der Waals surface area contributed by atoms with Crippen molar-refractivity contribution < 1.29 is 13.2 Å². The van der Waals surface area contributed by atoms with Crippen LogP contribution in [0, 0.1) is 0 Å². The molecule has 1 heterocycles. The van der Waals surface area contributed by atoms with Crippen LogP contribution in [0.2, 0.25) is 0 Å². The Hall–Kier alpha value is -0.950. The molecule has 1 aliphatic rings. The van der Waals surface area contributed by atoms with Crippen LogP contribution >= 0.6 is 0 Å². The zero-order chi connectivity index (χ0) is 14.4. The van der Waals surface area contributed by atoms with Gasteiger partial charge in [-0.1, -0.05) is 18.2 Å². The van der Waals surface area contributed by atoms with Crippen LogP contribution in [-0.2, 0) is 14.8 Å². The minimum Gasteiger partial charge on any atom is -0.385 e. The highest BCUT2D eigenvalue weighted by atomic mass is 32.2. The maximum Gasteiger partial charge on any atom is 0.243 e. The van der Waals surface area contributed by atoms with E-state index < -0.39 is 10.0 Å². The first kappa shape index (κ1) is 15.4. The summed E-state index contributed by atoms with van der Waals surface area (Å²) in [4.78, 5) is 2.67. The van der Waals surface area contributed by atoms with Gasteiger partial charge in [-0.2, -0.15) is 4.31 Å². The summed E-state index contributed by atoms with van der Waals surface area (Å²) in [6, 6.07) is 8.65. The van der Waals surface area contributed by atoms with E-state index in [0.29, 0.717) is 18.0 Å². The van der Waals surface area contributed by atoms with Gasteiger partial charge in [0.1, 0.15) is 0 Å². The summed E-state index contributed by atoms with van der Waals surface area (Å²) >= 11 is 0. The highest BCUT2D eigenvalue weighted by Gasteiger charge is 2.27. The number of hydrogen-bond acceptors (Lipinski definition) is 4. The molecule has 1 fully saturated rings. The first-order valence-electron chi connectivity index (χ1n) is 6.91. The number of hydrogen-bond donors (Lipinski definition) is 0. The van der Waals surface area contributed by atoms with E-state index in [1.54, 1.807) is 35.7 Å². The quantitative estimate of drug-likeness (QED) is 0.736. The second-order valence-electron chi connectivity index (χ2n) is 4.91. The van der Waals surface area contributed by atoms with Crippen molar-refractivity contribution >= 4 is 10.0 Å². The number of nitrogens with zero attached hydrogens (tertiary/aromatic N) is 2. The Bertz CT molecular complexity index is 496. The second-order valence-corrected chi connectivity index (χ2v) is 6.84. The van der Waals surface area contributed by atoms with Crippen molar-refractivity contribution in [2.45, 2.75) is 11.3 Å². The largest absolute Gasteiger partial charge is 0.385 e. The fourth-order valence-corrected chi connectivity index (χ4v) is 3.81. The summed E-state index contributed by atoms with van der Waals surface area (Å²) in [5.74, 6) is 0. The van der Waals surface area contributed by atoms with E-state index >= 15 is 0 Å². The van der Waals surface area contributed by atoms with Crippen LogP contribution < -0.4 is 0 Å². The molecule has 0 atom stereocenters. The smallest absolute Gasteiger partial charge is 0.243 e. The number of piperazine rings is 1. The molecule has 0 radical (unpaired) electrons. The molecule has 1 aromatic rings. The number of sulfonamides is 1. The zero-order valence-corrected chi connectivity index (χ0v) is 12.7. The summed E-state index contributed by atoms with van der Waals surface area (Å²) in [5, 5.41) is 0. The average molecular weight is 298 g/mol. The van der Waals surface area contributed by atoms with E-state index in [1.807, 2.05) is 6.07 Å². The molecule has 0 aliphatic carbocycles. The van der Waals surface area contributed by atoms with Crippen molar-refractivity contribution in [3.8, 4) is 0 Å². The van der Waals surface area contributed by atoms with Gasteiger partial charge in [-0.05, 0) is 18.6 Å². The fourth-order valence-electron chi connectivity index (χ4n) is 2.37. The van der Waals surface area contributed by atoms with Crippen LogP contribution in [0.3, 0.4) is 0 Å². The predicted molar refractivity (Wildman–Crippen MR) is 78.1 cm³/mol. The third-order valence-electron chi connectivity index (χ3n) is 3.54. The maximum absolute atomic E-state index is 12.4. The number of ether oxygens (including phenoxy) is 1. The lowest BCUT2D eigenvalue weighted by atomic mass is 10.3. The summed E-state index contributed by atoms with van der Waals surface area (Å²) in [6.07, 6.45) is 0.988. The summed E-state index contributed by atoms with van der Waals surface area (Å²) in [5.41, 5.74) is 0. The Morgan fingerprint density at radius 2 is 1.75 bits per heavy atom. The molecule has 2 rings (SSSR count). The number of rotatable bonds is 6. The predicted octanol–water partition coefficient (Wildman–Crippen LogP) is 1.03. The zero-order valence-electron chi connectivity index (χ0n) is 11.9. The van der Waals surface area contributed by atoms with Crippen molar-refractivity contribution in [2.75, 3.05) is 46.4 Å². The van der Waals surface area contributed by atoms with Crippen molar-refractivity contribution in [3.63, 3.8) is 0 Å². The van der Waals surface area contributed by atoms with Gasteiger partial charge in [-0.25, -0.2) is 8.42 Å². The van der Waals surface area contributed by atoms with E-state index in [-0.39, 0.29) is 0 Å². The molecular weight excluding hydrogens is 276 g/mol. The molecule has 0 spiro atoms. The van der Waals surface area contributed by atoms with E-state index in [0.717, 1.165) is 32.7 Å². The van der Waals surface area contributed by atoms with E-state index in [2.05, 4.69) is 4.90 Å². The molecule has 20 heavy (non-hydrogen) atoms. The SMILES string of the molecule is COCCCN1CCN(S(=O)(=O)c2ccccc2)CC1. The Kier molecular flexibility index (Phi) is 5.54. The molecule has 6 heteroatoms. The minimum absolute atomic E-state index is 0.382. The monoisotopic (exact) mass is 298 g/mol. The average Bonchev–Trinajstić information content (AvgIpc) is 2.49. The van der Waals surface area contributed by atoms with Gasteiger partial charge in [0, 0.05) is 46.4 Å². The van der Waals surface area contributed by atoms with Crippen LogP contribution in [-0.4, -0.2) is 64.1 Å². The highest BCUT2D eigenvalue weighted by Crippen LogP contribution is 2.17. The van der Waals surface area contributed by atoms with Crippen LogP contribution in [0.25, 0.3) is 0 Å². The Morgan fingerprint density at radius 1 is 1.10 bits per heavy atom. The Labute approximate surface area is 121 Å².